The van der Waals surface area contributed by atoms with Crippen LogP contribution in [0.25, 0.3) is 0 Å². The van der Waals surface area contributed by atoms with Crippen LogP contribution in [0.15, 0.2) is 24.3 Å². The first kappa shape index (κ1) is 13.2. The van der Waals surface area contributed by atoms with E-state index < -0.39 is 16.4 Å². The van der Waals surface area contributed by atoms with Crippen molar-refractivity contribution in [2.75, 3.05) is 18.1 Å². The Morgan fingerprint density at radius 1 is 1.28 bits per heavy atom. The number of hydrogen-bond donors (Lipinski definition) is 1. The van der Waals surface area contributed by atoms with Crippen molar-refractivity contribution in [3.8, 4) is 5.75 Å². The van der Waals surface area contributed by atoms with Crippen LogP contribution in [0.1, 0.15) is 11.6 Å². The number of alkyl halides is 2. The molecule has 0 spiro atoms. The first-order chi connectivity index (χ1) is 8.46. The van der Waals surface area contributed by atoms with E-state index in [2.05, 4.69) is 10.1 Å². The lowest BCUT2D eigenvalue weighted by Crippen LogP contribution is -2.39. The van der Waals surface area contributed by atoms with Gasteiger partial charge in [-0.2, -0.15) is 8.78 Å². The Kier molecular flexibility index (Phi) is 3.82. The Balaban J connectivity index is 2.09. The fraction of sp³-hybridized carbons (Fsp3) is 0.455. The fourth-order valence-corrected chi connectivity index (χ4v) is 3.29. The quantitative estimate of drug-likeness (QED) is 0.906. The van der Waals surface area contributed by atoms with E-state index in [9.17, 15) is 17.2 Å². The number of rotatable bonds is 3. The van der Waals surface area contributed by atoms with Gasteiger partial charge in [0.25, 0.3) is 0 Å². The highest BCUT2D eigenvalue weighted by atomic mass is 32.2. The van der Waals surface area contributed by atoms with E-state index in [0.717, 1.165) is 5.56 Å². The number of hydrogen-bond acceptors (Lipinski definition) is 4. The Morgan fingerprint density at radius 3 is 2.50 bits per heavy atom. The molecule has 4 nitrogen and oxygen atoms in total. The highest BCUT2D eigenvalue weighted by Gasteiger charge is 2.25. The second kappa shape index (κ2) is 5.19. The minimum atomic E-state index is -3.02. The summed E-state index contributed by atoms with van der Waals surface area (Å²) in [7, 11) is -3.02. The van der Waals surface area contributed by atoms with Crippen molar-refractivity contribution in [1.29, 1.82) is 0 Å². The van der Waals surface area contributed by atoms with Gasteiger partial charge < -0.3 is 10.1 Å². The van der Waals surface area contributed by atoms with Gasteiger partial charge in [-0.25, -0.2) is 8.42 Å². The van der Waals surface area contributed by atoms with Crippen molar-refractivity contribution in [2.45, 2.75) is 12.7 Å². The molecule has 1 N–H and O–H groups in total. The first-order valence-corrected chi connectivity index (χ1v) is 7.27. The van der Waals surface area contributed by atoms with Crippen molar-refractivity contribution >= 4 is 9.84 Å². The second-order valence-electron chi connectivity index (χ2n) is 4.07. The van der Waals surface area contributed by atoms with Crippen molar-refractivity contribution < 1.29 is 21.9 Å². The highest BCUT2D eigenvalue weighted by molar-refractivity contribution is 7.91. The first-order valence-electron chi connectivity index (χ1n) is 5.45. The van der Waals surface area contributed by atoms with E-state index in [1.165, 1.54) is 12.1 Å². The monoisotopic (exact) mass is 277 g/mol. The topological polar surface area (TPSA) is 55.4 Å². The molecule has 1 aromatic rings. The molecule has 1 heterocycles. The molecule has 1 aliphatic rings. The van der Waals surface area contributed by atoms with Crippen LogP contribution in [0.3, 0.4) is 0 Å². The van der Waals surface area contributed by atoms with E-state index >= 15 is 0 Å². The molecule has 1 saturated heterocycles. The molecule has 0 bridgehead atoms. The minimum Gasteiger partial charge on any atom is -0.435 e. The molecule has 0 saturated carbocycles. The summed E-state index contributed by atoms with van der Waals surface area (Å²) in [6.07, 6.45) is 0. The van der Waals surface area contributed by atoms with Crippen LogP contribution in [-0.2, 0) is 9.84 Å². The van der Waals surface area contributed by atoms with E-state index in [4.69, 9.17) is 0 Å². The Bertz CT molecular complexity index is 502. The van der Waals surface area contributed by atoms with Gasteiger partial charge in [-0.3, -0.25) is 0 Å². The molecule has 1 unspecified atom stereocenters. The van der Waals surface area contributed by atoms with Gasteiger partial charge in [0.05, 0.1) is 11.5 Å². The van der Waals surface area contributed by atoms with Crippen molar-refractivity contribution in [3.63, 3.8) is 0 Å². The standard InChI is InChI=1S/C11H13F2NO3S/c12-11(13)17-9-3-1-8(2-4-9)10-7-18(15,16)6-5-14-10/h1-4,10-11,14H,5-7H2. The molecule has 2 rings (SSSR count). The Morgan fingerprint density at radius 2 is 1.94 bits per heavy atom. The predicted molar refractivity (Wildman–Crippen MR) is 62.5 cm³/mol. The summed E-state index contributed by atoms with van der Waals surface area (Å²) in [4.78, 5) is 0. The third-order valence-corrected chi connectivity index (χ3v) is 4.40. The lowest BCUT2D eigenvalue weighted by molar-refractivity contribution is -0.0498. The predicted octanol–water partition coefficient (Wildman–Crippen LogP) is 1.35. The third kappa shape index (κ3) is 3.39. The summed E-state index contributed by atoms with van der Waals surface area (Å²) >= 11 is 0. The van der Waals surface area contributed by atoms with Crippen LogP contribution in [0.4, 0.5) is 8.78 Å². The zero-order valence-corrected chi connectivity index (χ0v) is 10.3. The van der Waals surface area contributed by atoms with Crippen LogP contribution in [-0.4, -0.2) is 33.1 Å². The minimum absolute atomic E-state index is 0.0298. The average molecular weight is 277 g/mol. The van der Waals surface area contributed by atoms with Crippen LogP contribution in [0.5, 0.6) is 5.75 Å². The lowest BCUT2D eigenvalue weighted by atomic mass is 10.1. The van der Waals surface area contributed by atoms with Gasteiger partial charge in [-0.05, 0) is 17.7 Å². The van der Waals surface area contributed by atoms with Gasteiger partial charge in [0.15, 0.2) is 9.84 Å². The van der Waals surface area contributed by atoms with Gasteiger partial charge >= 0.3 is 6.61 Å². The maximum Gasteiger partial charge on any atom is 0.387 e. The van der Waals surface area contributed by atoms with Crippen molar-refractivity contribution in [1.82, 2.24) is 5.32 Å². The molecule has 7 heteroatoms. The summed E-state index contributed by atoms with van der Waals surface area (Å²) in [5.74, 6) is 0.227. The molecule has 18 heavy (non-hydrogen) atoms. The van der Waals surface area contributed by atoms with Crippen molar-refractivity contribution in [2.24, 2.45) is 0 Å². The van der Waals surface area contributed by atoms with E-state index in [-0.39, 0.29) is 23.3 Å². The molecule has 1 atom stereocenters. The number of ether oxygens (including phenoxy) is 1. The van der Waals surface area contributed by atoms with Crippen LogP contribution in [0.2, 0.25) is 0 Å². The van der Waals surface area contributed by atoms with Gasteiger partial charge in [0.1, 0.15) is 5.75 Å². The van der Waals surface area contributed by atoms with Gasteiger partial charge in [0.2, 0.25) is 0 Å². The van der Waals surface area contributed by atoms with Gasteiger partial charge in [-0.1, -0.05) is 12.1 Å². The maximum atomic E-state index is 12.0. The van der Waals surface area contributed by atoms with Gasteiger partial charge in [0, 0.05) is 12.6 Å². The second-order valence-corrected chi connectivity index (χ2v) is 6.30. The molecule has 1 aromatic carbocycles. The summed E-state index contributed by atoms with van der Waals surface area (Å²) in [6, 6.07) is 5.71. The van der Waals surface area contributed by atoms with E-state index in [0.29, 0.717) is 6.54 Å². The molecule has 1 aliphatic heterocycles. The van der Waals surface area contributed by atoms with Crippen LogP contribution in [0, 0.1) is 0 Å². The molecular formula is C11H13F2NO3S. The van der Waals surface area contributed by atoms with Crippen molar-refractivity contribution in [3.05, 3.63) is 29.8 Å². The molecule has 0 aliphatic carbocycles. The molecule has 100 valence electrons. The lowest BCUT2D eigenvalue weighted by Gasteiger charge is -2.24. The summed E-state index contributed by atoms with van der Waals surface area (Å²) in [6.45, 7) is -2.45. The number of benzene rings is 1. The maximum absolute atomic E-state index is 12.0. The van der Waals surface area contributed by atoms with Gasteiger partial charge in [-0.15, -0.1) is 0 Å². The smallest absolute Gasteiger partial charge is 0.387 e. The molecule has 0 aromatic heterocycles. The zero-order valence-electron chi connectivity index (χ0n) is 9.47. The number of sulfone groups is 1. The molecule has 0 radical (unpaired) electrons. The number of halogens is 2. The largest absolute Gasteiger partial charge is 0.435 e. The average Bonchev–Trinajstić information content (AvgIpc) is 2.28. The van der Waals surface area contributed by atoms with E-state index in [1.807, 2.05) is 0 Å². The van der Waals surface area contributed by atoms with Crippen LogP contribution < -0.4 is 10.1 Å². The van der Waals surface area contributed by atoms with Crippen LogP contribution >= 0.6 is 0 Å². The zero-order chi connectivity index (χ0) is 13.2. The Hall–Kier alpha value is -1.21. The fourth-order valence-electron chi connectivity index (χ4n) is 1.88. The summed E-state index contributed by atoms with van der Waals surface area (Å²) in [5.41, 5.74) is 0.750. The molecule has 1 fully saturated rings. The third-order valence-electron chi connectivity index (χ3n) is 2.73. The molecule has 0 amide bonds. The summed E-state index contributed by atoms with van der Waals surface area (Å²) in [5, 5.41) is 3.08. The number of nitrogens with one attached hydrogen (secondary N) is 1. The SMILES string of the molecule is O=S1(=O)CCNC(c2ccc(OC(F)F)cc2)C1. The summed E-state index contributed by atoms with van der Waals surface area (Å²) < 4.78 is 51.1. The highest BCUT2D eigenvalue weighted by Crippen LogP contribution is 2.22. The van der Waals surface area contributed by atoms with E-state index in [1.54, 1.807) is 12.1 Å². The normalized spacial score (nSPS) is 22.9. The molecular weight excluding hydrogens is 264 g/mol. The Labute approximate surface area is 104 Å².